The molecule has 0 aliphatic heterocycles. The first-order valence-corrected chi connectivity index (χ1v) is 8.55. The minimum absolute atomic E-state index is 0.0458. The first kappa shape index (κ1) is 17.7. The Kier molecular flexibility index (Phi) is 5.63. The number of carbonyl (C=O) groups is 1. The van der Waals surface area contributed by atoms with E-state index in [0.29, 0.717) is 12.4 Å². The molecule has 0 fully saturated rings. The third kappa shape index (κ3) is 4.69. The molecular formula is C20H21N3O3. The van der Waals surface area contributed by atoms with Gasteiger partial charge in [-0.1, -0.05) is 35.5 Å². The number of nitrogens with one attached hydrogen (secondary N) is 1. The van der Waals surface area contributed by atoms with Gasteiger partial charge in [-0.15, -0.1) is 0 Å². The van der Waals surface area contributed by atoms with Crippen molar-refractivity contribution in [2.75, 3.05) is 6.54 Å². The maximum absolute atomic E-state index is 12.1. The maximum atomic E-state index is 12.1. The molecule has 0 radical (unpaired) electrons. The van der Waals surface area contributed by atoms with Gasteiger partial charge in [-0.3, -0.25) is 4.79 Å². The van der Waals surface area contributed by atoms with E-state index >= 15 is 0 Å². The lowest BCUT2D eigenvalue weighted by atomic mass is 10.1. The van der Waals surface area contributed by atoms with Crippen LogP contribution < -0.4 is 10.1 Å². The number of amides is 1. The number of nitrogens with zero attached hydrogens (tertiary/aromatic N) is 2. The largest absolute Gasteiger partial charge is 0.491 e. The summed E-state index contributed by atoms with van der Waals surface area (Å²) in [7, 11) is 0. The van der Waals surface area contributed by atoms with Gasteiger partial charge in [-0.25, -0.2) is 0 Å². The fraction of sp³-hybridized carbons (Fsp3) is 0.250. The van der Waals surface area contributed by atoms with Crippen molar-refractivity contribution in [2.24, 2.45) is 0 Å². The summed E-state index contributed by atoms with van der Waals surface area (Å²) < 4.78 is 10.7. The molecule has 6 heteroatoms. The second-order valence-corrected chi connectivity index (χ2v) is 6.11. The predicted molar refractivity (Wildman–Crippen MR) is 98.0 cm³/mol. The van der Waals surface area contributed by atoms with Gasteiger partial charge >= 0.3 is 11.8 Å². The summed E-state index contributed by atoms with van der Waals surface area (Å²) in [5, 5.41) is 6.66. The van der Waals surface area contributed by atoms with Crippen LogP contribution in [0.3, 0.4) is 0 Å². The lowest BCUT2D eigenvalue weighted by molar-refractivity contribution is 0.0910. The normalized spacial score (nSPS) is 10.7. The zero-order chi connectivity index (χ0) is 18.4. The van der Waals surface area contributed by atoms with Crippen LogP contribution in [0.2, 0.25) is 0 Å². The molecule has 1 amide bonds. The smallest absolute Gasteiger partial charge is 0.316 e. The minimum Gasteiger partial charge on any atom is -0.491 e. The van der Waals surface area contributed by atoms with Crippen LogP contribution in [0.4, 0.5) is 0 Å². The van der Waals surface area contributed by atoms with Gasteiger partial charge in [0.25, 0.3) is 0 Å². The van der Waals surface area contributed by atoms with Gasteiger partial charge in [0.05, 0.1) is 6.10 Å². The molecule has 26 heavy (non-hydrogen) atoms. The third-order valence-electron chi connectivity index (χ3n) is 3.65. The van der Waals surface area contributed by atoms with E-state index in [1.807, 2.05) is 68.4 Å². The van der Waals surface area contributed by atoms with Crippen molar-refractivity contribution in [3.8, 4) is 17.1 Å². The van der Waals surface area contributed by atoms with E-state index in [-0.39, 0.29) is 17.9 Å². The lowest BCUT2D eigenvalue weighted by Gasteiger charge is -2.09. The Morgan fingerprint density at radius 2 is 1.85 bits per heavy atom. The van der Waals surface area contributed by atoms with Crippen LogP contribution in [0.25, 0.3) is 11.4 Å². The zero-order valence-electron chi connectivity index (χ0n) is 14.8. The summed E-state index contributed by atoms with van der Waals surface area (Å²) in [6.45, 7) is 4.44. The number of carbonyl (C=O) groups excluding carboxylic acids is 1. The zero-order valence-corrected chi connectivity index (χ0v) is 14.8. The monoisotopic (exact) mass is 351 g/mol. The molecule has 2 aromatic carbocycles. The van der Waals surface area contributed by atoms with E-state index < -0.39 is 0 Å². The number of hydrogen-bond donors (Lipinski definition) is 1. The van der Waals surface area contributed by atoms with Crippen molar-refractivity contribution in [1.82, 2.24) is 15.5 Å². The van der Waals surface area contributed by atoms with Gasteiger partial charge in [0.15, 0.2) is 0 Å². The van der Waals surface area contributed by atoms with Crippen molar-refractivity contribution < 1.29 is 14.1 Å². The van der Waals surface area contributed by atoms with E-state index in [9.17, 15) is 4.79 Å². The predicted octanol–water partition coefficient (Wildman–Crippen LogP) is 3.50. The average molecular weight is 351 g/mol. The highest BCUT2D eigenvalue weighted by atomic mass is 16.5. The topological polar surface area (TPSA) is 77.2 Å². The van der Waals surface area contributed by atoms with Crippen LogP contribution in [-0.4, -0.2) is 28.7 Å². The second kappa shape index (κ2) is 8.29. The fourth-order valence-corrected chi connectivity index (χ4v) is 2.43. The van der Waals surface area contributed by atoms with Crippen molar-refractivity contribution in [2.45, 2.75) is 26.4 Å². The Balaban J connectivity index is 1.57. The van der Waals surface area contributed by atoms with E-state index in [1.165, 1.54) is 0 Å². The number of benzene rings is 2. The molecule has 3 rings (SSSR count). The van der Waals surface area contributed by atoms with Crippen LogP contribution in [-0.2, 0) is 6.42 Å². The third-order valence-corrected chi connectivity index (χ3v) is 3.65. The molecule has 0 saturated heterocycles. The molecule has 0 unspecified atom stereocenters. The Labute approximate surface area is 152 Å². The standard InChI is InChI=1S/C20H21N3O3/c1-14(2)25-17-10-8-16(9-11-17)18-22-20(26-23-18)19(24)21-13-12-15-6-4-3-5-7-15/h3-11,14H,12-13H2,1-2H3,(H,21,24). The first-order valence-electron chi connectivity index (χ1n) is 8.55. The summed E-state index contributed by atoms with van der Waals surface area (Å²) in [5.74, 6) is 0.718. The Morgan fingerprint density at radius 3 is 2.54 bits per heavy atom. The number of hydrogen-bond acceptors (Lipinski definition) is 5. The number of aromatic nitrogens is 2. The Hall–Kier alpha value is -3.15. The molecule has 1 heterocycles. The molecular weight excluding hydrogens is 330 g/mol. The Bertz CT molecular complexity index is 842. The first-order chi connectivity index (χ1) is 12.6. The quantitative estimate of drug-likeness (QED) is 0.705. The molecule has 0 aliphatic carbocycles. The van der Waals surface area contributed by atoms with Gasteiger partial charge in [-0.05, 0) is 50.1 Å². The van der Waals surface area contributed by atoms with Gasteiger partial charge in [-0.2, -0.15) is 4.98 Å². The Morgan fingerprint density at radius 1 is 1.12 bits per heavy atom. The van der Waals surface area contributed by atoms with Gasteiger partial charge in [0, 0.05) is 12.1 Å². The van der Waals surface area contributed by atoms with Crippen LogP contribution in [0, 0.1) is 0 Å². The minimum atomic E-state index is -0.376. The van der Waals surface area contributed by atoms with Crippen molar-refractivity contribution >= 4 is 5.91 Å². The fourth-order valence-electron chi connectivity index (χ4n) is 2.43. The van der Waals surface area contributed by atoms with Crippen LogP contribution in [0.1, 0.15) is 30.1 Å². The SMILES string of the molecule is CC(C)Oc1ccc(-c2noc(C(=O)NCCc3ccccc3)n2)cc1. The van der Waals surface area contributed by atoms with E-state index in [0.717, 1.165) is 23.3 Å². The molecule has 3 aromatic rings. The summed E-state index contributed by atoms with van der Waals surface area (Å²) in [5.41, 5.74) is 1.91. The maximum Gasteiger partial charge on any atom is 0.316 e. The van der Waals surface area contributed by atoms with Crippen LogP contribution in [0.5, 0.6) is 5.75 Å². The highest BCUT2D eigenvalue weighted by molar-refractivity contribution is 5.89. The van der Waals surface area contributed by atoms with Crippen LogP contribution >= 0.6 is 0 Å². The van der Waals surface area contributed by atoms with Crippen molar-refractivity contribution in [3.05, 3.63) is 66.1 Å². The molecule has 0 bridgehead atoms. The molecule has 0 saturated carbocycles. The van der Waals surface area contributed by atoms with Crippen molar-refractivity contribution in [3.63, 3.8) is 0 Å². The lowest BCUT2D eigenvalue weighted by Crippen LogP contribution is -2.25. The van der Waals surface area contributed by atoms with Gasteiger partial charge < -0.3 is 14.6 Å². The molecule has 1 N–H and O–H groups in total. The van der Waals surface area contributed by atoms with E-state index in [4.69, 9.17) is 9.26 Å². The second-order valence-electron chi connectivity index (χ2n) is 6.11. The average Bonchev–Trinajstić information content (AvgIpc) is 3.13. The highest BCUT2D eigenvalue weighted by Gasteiger charge is 2.15. The molecule has 1 aromatic heterocycles. The van der Waals surface area contributed by atoms with E-state index in [2.05, 4.69) is 15.5 Å². The summed E-state index contributed by atoms with van der Waals surface area (Å²) >= 11 is 0. The van der Waals surface area contributed by atoms with Gasteiger partial charge in [0.1, 0.15) is 5.75 Å². The molecule has 134 valence electrons. The van der Waals surface area contributed by atoms with Crippen molar-refractivity contribution in [1.29, 1.82) is 0 Å². The summed E-state index contributed by atoms with van der Waals surface area (Å²) in [6, 6.07) is 17.3. The summed E-state index contributed by atoms with van der Waals surface area (Å²) in [4.78, 5) is 16.3. The molecule has 0 spiro atoms. The molecule has 0 atom stereocenters. The van der Waals surface area contributed by atoms with Gasteiger partial charge in [0.2, 0.25) is 5.82 Å². The number of ether oxygens (including phenoxy) is 1. The molecule has 0 aliphatic rings. The highest BCUT2D eigenvalue weighted by Crippen LogP contribution is 2.20. The molecule has 6 nitrogen and oxygen atoms in total. The van der Waals surface area contributed by atoms with Crippen LogP contribution in [0.15, 0.2) is 59.1 Å². The number of rotatable bonds is 7. The van der Waals surface area contributed by atoms with E-state index in [1.54, 1.807) is 0 Å². The summed E-state index contributed by atoms with van der Waals surface area (Å²) in [6.07, 6.45) is 0.849.